The van der Waals surface area contributed by atoms with Gasteiger partial charge in [0.2, 0.25) is 5.91 Å². The van der Waals surface area contributed by atoms with E-state index < -0.39 is 6.04 Å². The van der Waals surface area contributed by atoms with Crippen LogP contribution in [0.3, 0.4) is 0 Å². The Morgan fingerprint density at radius 3 is 2.53 bits per heavy atom. The number of rotatable bonds is 7. The van der Waals surface area contributed by atoms with Crippen LogP contribution in [0, 0.1) is 0 Å². The van der Waals surface area contributed by atoms with Gasteiger partial charge >= 0.3 is 0 Å². The molecule has 0 radical (unpaired) electrons. The van der Waals surface area contributed by atoms with Crippen LogP contribution in [0.15, 0.2) is 41.0 Å². The predicted molar refractivity (Wildman–Crippen MR) is 119 cm³/mol. The number of piperazine rings is 1. The van der Waals surface area contributed by atoms with Crippen molar-refractivity contribution in [2.75, 3.05) is 13.7 Å². The fraction of sp³-hybridized carbons (Fsp3) is 0.520. The zero-order valence-corrected chi connectivity index (χ0v) is 19.1. The van der Waals surface area contributed by atoms with Crippen LogP contribution < -0.4 is 9.47 Å². The SMILES string of the molecule is COc1cc([C@@H]2C(=O)N(C3CCCCC3)CC(=O)N2Cc2ccco2)ccc1OC(C)C. The lowest BCUT2D eigenvalue weighted by Gasteiger charge is -2.44. The van der Waals surface area contributed by atoms with Crippen molar-refractivity contribution >= 4 is 11.8 Å². The van der Waals surface area contributed by atoms with Gasteiger partial charge in [-0.1, -0.05) is 25.3 Å². The molecule has 1 saturated carbocycles. The highest BCUT2D eigenvalue weighted by molar-refractivity contribution is 5.96. The van der Waals surface area contributed by atoms with E-state index in [1.807, 2.05) is 38.1 Å². The van der Waals surface area contributed by atoms with Crippen molar-refractivity contribution in [1.29, 1.82) is 0 Å². The summed E-state index contributed by atoms with van der Waals surface area (Å²) in [6, 6.07) is 8.49. The van der Waals surface area contributed by atoms with Crippen molar-refractivity contribution in [3.63, 3.8) is 0 Å². The molecule has 4 rings (SSSR count). The van der Waals surface area contributed by atoms with Crippen LogP contribution >= 0.6 is 0 Å². The maximum Gasteiger partial charge on any atom is 0.250 e. The minimum Gasteiger partial charge on any atom is -0.493 e. The number of carbonyl (C=O) groups is 2. The minimum atomic E-state index is -0.731. The van der Waals surface area contributed by atoms with Crippen molar-refractivity contribution in [3.8, 4) is 11.5 Å². The van der Waals surface area contributed by atoms with E-state index >= 15 is 0 Å². The highest BCUT2D eigenvalue weighted by Gasteiger charge is 2.43. The number of benzene rings is 1. The van der Waals surface area contributed by atoms with Gasteiger partial charge in [-0.25, -0.2) is 0 Å². The Morgan fingerprint density at radius 1 is 1.09 bits per heavy atom. The summed E-state index contributed by atoms with van der Waals surface area (Å²) in [7, 11) is 1.58. The molecule has 7 heteroatoms. The molecule has 2 aromatic rings. The lowest BCUT2D eigenvalue weighted by molar-refractivity contribution is -0.160. The number of hydrogen-bond donors (Lipinski definition) is 0. The largest absolute Gasteiger partial charge is 0.493 e. The van der Waals surface area contributed by atoms with E-state index in [1.165, 1.54) is 6.42 Å². The first-order valence-corrected chi connectivity index (χ1v) is 11.4. The summed E-state index contributed by atoms with van der Waals surface area (Å²) in [5.74, 6) is 1.70. The lowest BCUT2D eigenvalue weighted by atomic mass is 9.91. The van der Waals surface area contributed by atoms with Gasteiger partial charge in [0, 0.05) is 6.04 Å². The van der Waals surface area contributed by atoms with Crippen molar-refractivity contribution in [1.82, 2.24) is 9.80 Å². The fourth-order valence-electron chi connectivity index (χ4n) is 4.73. The third-order valence-electron chi connectivity index (χ3n) is 6.24. The molecule has 1 atom stereocenters. The van der Waals surface area contributed by atoms with Gasteiger partial charge in [0.1, 0.15) is 18.3 Å². The van der Waals surface area contributed by atoms with Gasteiger partial charge in [-0.05, 0) is 56.5 Å². The van der Waals surface area contributed by atoms with Crippen LogP contribution in [-0.2, 0) is 16.1 Å². The third kappa shape index (κ3) is 4.61. The highest BCUT2D eigenvalue weighted by Crippen LogP contribution is 2.37. The molecule has 2 heterocycles. The zero-order valence-electron chi connectivity index (χ0n) is 19.1. The second-order valence-electron chi connectivity index (χ2n) is 8.84. The molecule has 7 nitrogen and oxygen atoms in total. The standard InChI is InChI=1S/C25H32N2O5/c1-17(2)32-21-12-11-18(14-22(21)30-3)24-25(29)26(19-8-5-4-6-9-19)16-23(28)27(24)15-20-10-7-13-31-20/h7,10-14,17,19,24H,4-6,8-9,15-16H2,1-3H3/t24-/m1/s1. The first-order valence-electron chi connectivity index (χ1n) is 11.4. The average molecular weight is 441 g/mol. The molecule has 2 aliphatic rings. The van der Waals surface area contributed by atoms with Crippen molar-refractivity contribution in [2.45, 2.75) is 70.7 Å². The summed E-state index contributed by atoms with van der Waals surface area (Å²) in [5.41, 5.74) is 0.711. The molecule has 1 saturated heterocycles. The number of ether oxygens (including phenoxy) is 2. The zero-order chi connectivity index (χ0) is 22.7. The van der Waals surface area contributed by atoms with Crippen LogP contribution in [0.5, 0.6) is 11.5 Å². The van der Waals surface area contributed by atoms with E-state index in [1.54, 1.807) is 29.2 Å². The summed E-state index contributed by atoms with van der Waals surface area (Å²) < 4.78 is 16.9. The summed E-state index contributed by atoms with van der Waals surface area (Å²) in [6.07, 6.45) is 6.86. The molecule has 2 fully saturated rings. The van der Waals surface area contributed by atoms with Crippen LogP contribution in [0.4, 0.5) is 0 Å². The van der Waals surface area contributed by atoms with Gasteiger partial charge in [0.15, 0.2) is 11.5 Å². The summed E-state index contributed by atoms with van der Waals surface area (Å²) >= 11 is 0. The Bertz CT molecular complexity index is 934. The molecule has 1 aliphatic carbocycles. The number of hydrogen-bond acceptors (Lipinski definition) is 5. The quantitative estimate of drug-likeness (QED) is 0.641. The van der Waals surface area contributed by atoms with Gasteiger partial charge in [0.25, 0.3) is 5.91 Å². The van der Waals surface area contributed by atoms with Crippen LogP contribution in [0.25, 0.3) is 0 Å². The third-order valence-corrected chi connectivity index (χ3v) is 6.24. The molecule has 0 N–H and O–H groups in total. The molecule has 1 aromatic heterocycles. The Labute approximate surface area is 189 Å². The highest BCUT2D eigenvalue weighted by atomic mass is 16.5. The van der Waals surface area contributed by atoms with E-state index in [-0.39, 0.29) is 37.0 Å². The van der Waals surface area contributed by atoms with E-state index in [9.17, 15) is 9.59 Å². The first kappa shape index (κ1) is 22.2. The topological polar surface area (TPSA) is 72.2 Å². The number of furan rings is 1. The fourth-order valence-corrected chi connectivity index (χ4v) is 4.73. The van der Waals surface area contributed by atoms with E-state index in [0.29, 0.717) is 22.8 Å². The van der Waals surface area contributed by atoms with Crippen LogP contribution in [0.1, 0.15) is 63.3 Å². The molecular formula is C25H32N2O5. The van der Waals surface area contributed by atoms with Gasteiger partial charge in [-0.2, -0.15) is 0 Å². The van der Waals surface area contributed by atoms with Gasteiger partial charge in [-0.3, -0.25) is 9.59 Å². The maximum atomic E-state index is 13.8. The molecule has 0 spiro atoms. The lowest BCUT2D eigenvalue weighted by Crippen LogP contribution is -2.58. The average Bonchev–Trinajstić information content (AvgIpc) is 3.30. The molecule has 32 heavy (non-hydrogen) atoms. The molecule has 0 bridgehead atoms. The molecular weight excluding hydrogens is 408 g/mol. The Morgan fingerprint density at radius 2 is 1.88 bits per heavy atom. The normalized spacial score (nSPS) is 20.2. The smallest absolute Gasteiger partial charge is 0.250 e. The van der Waals surface area contributed by atoms with Gasteiger partial charge in [0.05, 0.1) is 26.0 Å². The molecule has 172 valence electrons. The van der Waals surface area contributed by atoms with Crippen LogP contribution in [-0.4, -0.2) is 47.4 Å². The number of methoxy groups -OCH3 is 1. The number of carbonyl (C=O) groups excluding carboxylic acids is 2. The molecule has 1 aliphatic heterocycles. The summed E-state index contributed by atoms with van der Waals surface area (Å²) in [5, 5.41) is 0. The van der Waals surface area contributed by atoms with Crippen molar-refractivity contribution in [2.24, 2.45) is 0 Å². The number of nitrogens with zero attached hydrogens (tertiary/aromatic N) is 2. The van der Waals surface area contributed by atoms with Gasteiger partial charge in [-0.15, -0.1) is 0 Å². The van der Waals surface area contributed by atoms with Crippen molar-refractivity contribution in [3.05, 3.63) is 47.9 Å². The Kier molecular flexibility index (Phi) is 6.72. The van der Waals surface area contributed by atoms with E-state index in [0.717, 1.165) is 25.7 Å². The summed E-state index contributed by atoms with van der Waals surface area (Å²) in [6.45, 7) is 4.26. The second-order valence-corrected chi connectivity index (χ2v) is 8.84. The molecule has 2 amide bonds. The van der Waals surface area contributed by atoms with E-state index in [2.05, 4.69) is 0 Å². The minimum absolute atomic E-state index is 0.00937. The monoisotopic (exact) mass is 440 g/mol. The Hall–Kier alpha value is -2.96. The number of amides is 2. The van der Waals surface area contributed by atoms with E-state index in [4.69, 9.17) is 13.9 Å². The molecule has 0 unspecified atom stereocenters. The second kappa shape index (κ2) is 9.67. The first-order chi connectivity index (χ1) is 15.5. The Balaban J connectivity index is 1.70. The van der Waals surface area contributed by atoms with Gasteiger partial charge < -0.3 is 23.7 Å². The van der Waals surface area contributed by atoms with Crippen molar-refractivity contribution < 1.29 is 23.5 Å². The summed E-state index contributed by atoms with van der Waals surface area (Å²) in [4.78, 5) is 30.5. The maximum absolute atomic E-state index is 13.8. The predicted octanol–water partition coefficient (Wildman–Crippen LogP) is 4.32. The molecule has 1 aromatic carbocycles. The van der Waals surface area contributed by atoms with Crippen LogP contribution in [0.2, 0.25) is 0 Å².